The fourth-order valence-corrected chi connectivity index (χ4v) is 5.45. The van der Waals surface area contributed by atoms with E-state index in [9.17, 15) is 10.4 Å². The Morgan fingerprint density at radius 3 is 2.65 bits per heavy atom. The highest BCUT2D eigenvalue weighted by atomic mass is 32.2. The highest BCUT2D eigenvalue weighted by Gasteiger charge is 2.44. The Morgan fingerprint density at radius 1 is 1.12 bits per heavy atom. The topological polar surface area (TPSA) is 93.6 Å². The summed E-state index contributed by atoms with van der Waals surface area (Å²) in [6, 6.07) is 13.2. The molecule has 4 aromatic rings. The number of aromatic nitrogens is 4. The minimum atomic E-state index is 0.0907. The van der Waals surface area contributed by atoms with Crippen LogP contribution in [0.2, 0.25) is 0 Å². The number of pyridine rings is 3. The van der Waals surface area contributed by atoms with E-state index in [4.69, 9.17) is 4.98 Å². The number of anilines is 1. The Morgan fingerprint density at radius 2 is 1.97 bits per heavy atom. The van der Waals surface area contributed by atoms with Gasteiger partial charge in [-0.3, -0.25) is 9.88 Å². The molecule has 9 heteroatoms. The average molecular weight is 470 g/mol. The second kappa shape index (κ2) is 8.31. The van der Waals surface area contributed by atoms with E-state index in [0.29, 0.717) is 23.2 Å². The van der Waals surface area contributed by atoms with Gasteiger partial charge in [0.25, 0.3) is 0 Å². The fourth-order valence-electron chi connectivity index (χ4n) is 5.09. The number of hydrogen-bond acceptors (Lipinski definition) is 8. The van der Waals surface area contributed by atoms with Gasteiger partial charge in [0.15, 0.2) is 0 Å². The summed E-state index contributed by atoms with van der Waals surface area (Å²) in [6.45, 7) is 2.79. The first-order chi connectivity index (χ1) is 16.6. The molecule has 0 aromatic carbocycles. The highest BCUT2D eigenvalue weighted by molar-refractivity contribution is 7.98. The standard InChI is InChI=1S/C25H23N7OS/c1-34-22-4-3-18(27-11-22)12-31-19-6-20(31)14-30(13-19)24-5-2-16(9-28-24)23-7-21(33)15-32-25(23)17(8-26)10-29-32/h2-5,7,9-11,15,19-20,33H,6,12-14H2,1H3. The van der Waals surface area contributed by atoms with Crippen molar-refractivity contribution in [3.63, 3.8) is 0 Å². The van der Waals surface area contributed by atoms with Crippen molar-refractivity contribution in [2.24, 2.45) is 0 Å². The molecular formula is C25H23N7OS. The molecule has 7 heterocycles. The van der Waals surface area contributed by atoms with Crippen molar-refractivity contribution >= 4 is 23.1 Å². The Hall–Kier alpha value is -3.61. The van der Waals surface area contributed by atoms with Gasteiger partial charge in [0.05, 0.1) is 29.2 Å². The van der Waals surface area contributed by atoms with Crippen molar-refractivity contribution in [2.45, 2.75) is 29.9 Å². The zero-order chi connectivity index (χ0) is 23.2. The first-order valence-electron chi connectivity index (χ1n) is 11.2. The minimum Gasteiger partial charge on any atom is -0.506 e. The van der Waals surface area contributed by atoms with Crippen LogP contribution in [0.25, 0.3) is 16.6 Å². The molecular weight excluding hydrogens is 446 g/mol. The number of fused-ring (bicyclic) bond motifs is 3. The van der Waals surface area contributed by atoms with E-state index in [2.05, 4.69) is 44.3 Å². The average Bonchev–Trinajstić information content (AvgIpc) is 3.30. The zero-order valence-electron chi connectivity index (χ0n) is 18.7. The molecule has 7 rings (SSSR count). The summed E-state index contributed by atoms with van der Waals surface area (Å²) in [5, 5.41) is 23.8. The van der Waals surface area contributed by atoms with Gasteiger partial charge in [-0.25, -0.2) is 9.50 Å². The Bertz CT molecular complexity index is 1380. The summed E-state index contributed by atoms with van der Waals surface area (Å²) in [6.07, 6.45) is 10.1. The maximum absolute atomic E-state index is 10.1. The number of piperidine rings is 1. The normalized spacial score (nSPS) is 19.7. The number of aromatic hydroxyl groups is 1. The van der Waals surface area contributed by atoms with Crippen LogP contribution in [0.3, 0.4) is 0 Å². The Labute approximate surface area is 201 Å². The van der Waals surface area contributed by atoms with Crippen molar-refractivity contribution in [3.05, 3.63) is 66.4 Å². The first kappa shape index (κ1) is 21.0. The minimum absolute atomic E-state index is 0.0907. The molecule has 170 valence electrons. The molecule has 8 nitrogen and oxygen atoms in total. The van der Waals surface area contributed by atoms with Crippen molar-refractivity contribution in [3.8, 4) is 22.9 Å². The summed E-state index contributed by atoms with van der Waals surface area (Å²) in [5.41, 5.74) is 3.83. The molecule has 3 saturated heterocycles. The van der Waals surface area contributed by atoms with Crippen LogP contribution in [0.4, 0.5) is 5.82 Å². The molecule has 2 atom stereocenters. The Balaban J connectivity index is 1.18. The summed E-state index contributed by atoms with van der Waals surface area (Å²) in [4.78, 5) is 15.4. The van der Waals surface area contributed by atoms with Gasteiger partial charge >= 0.3 is 0 Å². The molecule has 2 unspecified atom stereocenters. The third-order valence-electron chi connectivity index (χ3n) is 6.82. The van der Waals surface area contributed by atoms with Crippen LogP contribution in [0.15, 0.2) is 60.0 Å². The number of piperazine rings is 1. The van der Waals surface area contributed by atoms with Crippen LogP contribution in [0.1, 0.15) is 17.7 Å². The summed E-state index contributed by atoms with van der Waals surface area (Å²) >= 11 is 1.71. The largest absolute Gasteiger partial charge is 0.506 e. The van der Waals surface area contributed by atoms with Crippen LogP contribution >= 0.6 is 11.8 Å². The van der Waals surface area contributed by atoms with E-state index in [1.54, 1.807) is 17.8 Å². The lowest BCUT2D eigenvalue weighted by Crippen LogP contribution is -2.68. The lowest BCUT2D eigenvalue weighted by Gasteiger charge is -2.56. The number of nitriles is 1. The van der Waals surface area contributed by atoms with Crippen LogP contribution in [0, 0.1) is 11.3 Å². The van der Waals surface area contributed by atoms with Gasteiger partial charge in [-0.1, -0.05) is 0 Å². The smallest absolute Gasteiger partial charge is 0.134 e. The molecule has 0 radical (unpaired) electrons. The van der Waals surface area contributed by atoms with E-state index in [-0.39, 0.29) is 5.75 Å². The second-order valence-corrected chi connectivity index (χ2v) is 9.67. The lowest BCUT2D eigenvalue weighted by atomic mass is 9.87. The third-order valence-corrected chi connectivity index (χ3v) is 7.54. The van der Waals surface area contributed by atoms with Crippen molar-refractivity contribution < 1.29 is 5.11 Å². The molecule has 1 N–H and O–H groups in total. The fraction of sp³-hybridized carbons (Fsp3) is 0.280. The maximum Gasteiger partial charge on any atom is 0.134 e. The molecule has 34 heavy (non-hydrogen) atoms. The molecule has 4 aromatic heterocycles. The summed E-state index contributed by atoms with van der Waals surface area (Å²) < 4.78 is 1.54. The molecule has 0 amide bonds. The van der Waals surface area contributed by atoms with Crippen LogP contribution in [0.5, 0.6) is 5.75 Å². The van der Waals surface area contributed by atoms with Gasteiger partial charge in [-0.2, -0.15) is 10.4 Å². The van der Waals surface area contributed by atoms with Crippen LogP contribution in [-0.2, 0) is 6.54 Å². The third kappa shape index (κ3) is 3.56. The van der Waals surface area contributed by atoms with E-state index >= 15 is 0 Å². The summed E-state index contributed by atoms with van der Waals surface area (Å²) in [7, 11) is 0. The van der Waals surface area contributed by atoms with E-state index in [1.807, 2.05) is 24.5 Å². The summed E-state index contributed by atoms with van der Waals surface area (Å²) in [5.74, 6) is 1.04. The van der Waals surface area contributed by atoms with Crippen LogP contribution < -0.4 is 4.90 Å². The number of rotatable bonds is 5. The van der Waals surface area contributed by atoms with E-state index in [1.165, 1.54) is 28.2 Å². The first-order valence-corrected chi connectivity index (χ1v) is 12.4. The number of nitrogens with zero attached hydrogens (tertiary/aromatic N) is 7. The van der Waals surface area contributed by atoms with Gasteiger partial charge in [0.1, 0.15) is 17.6 Å². The van der Waals surface area contributed by atoms with Crippen molar-refractivity contribution in [2.75, 3.05) is 24.2 Å². The lowest BCUT2D eigenvalue weighted by molar-refractivity contribution is -0.00969. The van der Waals surface area contributed by atoms with Gasteiger partial charge in [0, 0.05) is 60.1 Å². The molecule has 0 aliphatic carbocycles. The molecule has 2 bridgehead atoms. The van der Waals surface area contributed by atoms with E-state index in [0.717, 1.165) is 42.3 Å². The highest BCUT2D eigenvalue weighted by Crippen LogP contribution is 2.36. The number of hydrogen-bond donors (Lipinski definition) is 1. The van der Waals surface area contributed by atoms with E-state index < -0.39 is 0 Å². The molecule has 3 aliphatic rings. The quantitative estimate of drug-likeness (QED) is 0.444. The van der Waals surface area contributed by atoms with Crippen molar-refractivity contribution in [1.29, 1.82) is 5.26 Å². The molecule has 3 aliphatic heterocycles. The van der Waals surface area contributed by atoms with Crippen molar-refractivity contribution in [1.82, 2.24) is 24.5 Å². The molecule has 3 fully saturated rings. The molecule has 0 saturated carbocycles. The van der Waals surface area contributed by atoms with Gasteiger partial charge in [0.2, 0.25) is 0 Å². The molecule has 0 spiro atoms. The van der Waals surface area contributed by atoms with Gasteiger partial charge in [-0.15, -0.1) is 11.8 Å². The van der Waals surface area contributed by atoms with Gasteiger partial charge in [-0.05, 0) is 43.0 Å². The monoisotopic (exact) mass is 469 g/mol. The number of thioether (sulfide) groups is 1. The van der Waals surface area contributed by atoms with Crippen LogP contribution in [-0.4, -0.2) is 61.0 Å². The SMILES string of the molecule is CSc1ccc(CN2C3CC2CN(c2ccc(-c4cc(O)cn5ncc(C#N)c45)cn2)C3)nc1. The zero-order valence-corrected chi connectivity index (χ0v) is 19.5. The maximum atomic E-state index is 10.1. The Kier molecular flexibility index (Phi) is 5.12. The predicted octanol–water partition coefficient (Wildman–Crippen LogP) is 3.55. The predicted molar refractivity (Wildman–Crippen MR) is 131 cm³/mol. The van der Waals surface area contributed by atoms with Gasteiger partial charge < -0.3 is 10.0 Å². The second-order valence-electron chi connectivity index (χ2n) is 8.79.